The topological polar surface area (TPSA) is 61.0 Å². The lowest BCUT2D eigenvalue weighted by molar-refractivity contribution is 0.455. The van der Waals surface area contributed by atoms with Gasteiger partial charge in [0.2, 0.25) is 5.88 Å². The van der Waals surface area contributed by atoms with Gasteiger partial charge >= 0.3 is 0 Å². The van der Waals surface area contributed by atoms with Crippen molar-refractivity contribution in [1.82, 2.24) is 9.97 Å². The molecule has 0 fully saturated rings. The zero-order valence-corrected chi connectivity index (χ0v) is 11.1. The van der Waals surface area contributed by atoms with Crippen molar-refractivity contribution in [2.45, 2.75) is 26.7 Å². The van der Waals surface area contributed by atoms with Crippen LogP contribution < -0.4 is 10.5 Å². The van der Waals surface area contributed by atoms with Crippen LogP contribution in [0, 0.1) is 12.7 Å². The van der Waals surface area contributed by atoms with Crippen molar-refractivity contribution < 1.29 is 9.13 Å². The lowest BCUT2D eigenvalue weighted by Crippen LogP contribution is -2.03. The van der Waals surface area contributed by atoms with Gasteiger partial charge in [-0.2, -0.15) is 4.98 Å². The number of nitrogens with zero attached hydrogens (tertiary/aromatic N) is 2. The van der Waals surface area contributed by atoms with E-state index in [2.05, 4.69) is 9.97 Å². The molecular weight excluding hydrogens is 245 g/mol. The first kappa shape index (κ1) is 13.3. The molecule has 1 aromatic heterocycles. The summed E-state index contributed by atoms with van der Waals surface area (Å²) in [5.74, 6) is 1.74. The molecule has 0 radical (unpaired) electrons. The van der Waals surface area contributed by atoms with E-state index in [-0.39, 0.29) is 11.7 Å². The van der Waals surface area contributed by atoms with E-state index in [1.807, 2.05) is 13.8 Å². The predicted molar refractivity (Wildman–Crippen MR) is 71.7 cm³/mol. The molecule has 0 aliphatic heterocycles. The van der Waals surface area contributed by atoms with Crippen LogP contribution in [0.1, 0.15) is 31.2 Å². The number of aromatic nitrogens is 2. The Morgan fingerprint density at radius 3 is 2.58 bits per heavy atom. The predicted octanol–water partition coefficient (Wildman–Crippen LogP) is 3.42. The Morgan fingerprint density at radius 2 is 1.95 bits per heavy atom. The van der Waals surface area contributed by atoms with Crippen LogP contribution in [-0.4, -0.2) is 9.97 Å². The second kappa shape index (κ2) is 5.22. The second-order valence-corrected chi connectivity index (χ2v) is 4.66. The summed E-state index contributed by atoms with van der Waals surface area (Å²) in [7, 11) is 0. The molecule has 2 rings (SSSR count). The maximum Gasteiger partial charge on any atom is 0.224 e. The summed E-state index contributed by atoms with van der Waals surface area (Å²) in [4.78, 5) is 8.41. The van der Waals surface area contributed by atoms with Gasteiger partial charge < -0.3 is 10.5 Å². The Bertz CT molecular complexity index is 599. The second-order valence-electron chi connectivity index (χ2n) is 4.66. The quantitative estimate of drug-likeness (QED) is 0.919. The van der Waals surface area contributed by atoms with Crippen LogP contribution in [0.25, 0.3) is 0 Å². The minimum Gasteiger partial charge on any atom is -0.439 e. The van der Waals surface area contributed by atoms with Crippen LogP contribution in [0.15, 0.2) is 24.3 Å². The molecule has 0 amide bonds. The molecule has 0 saturated heterocycles. The Morgan fingerprint density at radius 1 is 1.21 bits per heavy atom. The number of anilines is 1. The molecule has 0 unspecified atom stereocenters. The Labute approximate surface area is 111 Å². The number of hydrogen-bond acceptors (Lipinski definition) is 4. The number of rotatable bonds is 3. The van der Waals surface area contributed by atoms with Crippen molar-refractivity contribution in [3.8, 4) is 11.6 Å². The Balaban J connectivity index is 2.29. The highest BCUT2D eigenvalue weighted by molar-refractivity contribution is 5.37. The van der Waals surface area contributed by atoms with Gasteiger partial charge in [0.1, 0.15) is 23.2 Å². The summed E-state index contributed by atoms with van der Waals surface area (Å²) in [6.07, 6.45) is 0. The normalized spacial score (nSPS) is 10.8. The summed E-state index contributed by atoms with van der Waals surface area (Å²) < 4.78 is 18.8. The van der Waals surface area contributed by atoms with E-state index in [1.165, 1.54) is 6.07 Å². The maximum absolute atomic E-state index is 13.2. The van der Waals surface area contributed by atoms with E-state index in [1.54, 1.807) is 25.1 Å². The summed E-state index contributed by atoms with van der Waals surface area (Å²) in [6.45, 7) is 5.62. The van der Waals surface area contributed by atoms with Gasteiger partial charge in [-0.25, -0.2) is 9.37 Å². The monoisotopic (exact) mass is 261 g/mol. The van der Waals surface area contributed by atoms with Crippen LogP contribution in [-0.2, 0) is 0 Å². The van der Waals surface area contributed by atoms with Crippen LogP contribution in [0.2, 0.25) is 0 Å². The minimum atomic E-state index is -0.266. The van der Waals surface area contributed by atoms with Crippen LogP contribution in [0.5, 0.6) is 11.6 Å². The fourth-order valence-corrected chi connectivity index (χ4v) is 1.57. The number of benzene rings is 1. The molecule has 2 N–H and O–H groups in total. The molecule has 1 heterocycles. The molecule has 0 atom stereocenters. The van der Waals surface area contributed by atoms with Gasteiger partial charge in [-0.05, 0) is 30.7 Å². The third-order valence-corrected chi connectivity index (χ3v) is 2.61. The summed E-state index contributed by atoms with van der Waals surface area (Å²) in [5, 5.41) is 0. The molecule has 19 heavy (non-hydrogen) atoms. The molecule has 0 saturated carbocycles. The number of nitrogen functional groups attached to an aromatic ring is 1. The van der Waals surface area contributed by atoms with Crippen molar-refractivity contribution in [1.29, 1.82) is 0 Å². The number of halogens is 1. The van der Waals surface area contributed by atoms with Crippen molar-refractivity contribution in [2.24, 2.45) is 0 Å². The number of ether oxygens (including phenoxy) is 1. The van der Waals surface area contributed by atoms with E-state index in [0.29, 0.717) is 28.8 Å². The number of nitrogens with two attached hydrogens (primary N) is 1. The van der Waals surface area contributed by atoms with E-state index in [4.69, 9.17) is 10.5 Å². The smallest absolute Gasteiger partial charge is 0.224 e. The fraction of sp³-hybridized carbons (Fsp3) is 0.286. The highest BCUT2D eigenvalue weighted by Crippen LogP contribution is 2.24. The van der Waals surface area contributed by atoms with E-state index < -0.39 is 0 Å². The lowest BCUT2D eigenvalue weighted by Gasteiger charge is -2.09. The van der Waals surface area contributed by atoms with Crippen molar-refractivity contribution >= 4 is 5.82 Å². The van der Waals surface area contributed by atoms with Gasteiger partial charge in [0.05, 0.1) is 0 Å². The molecule has 1 aromatic carbocycles. The molecule has 0 aliphatic carbocycles. The van der Waals surface area contributed by atoms with Gasteiger partial charge in [0, 0.05) is 12.0 Å². The SMILES string of the molecule is Cc1cc(Oc2cc(N)nc(C(C)C)n2)ccc1F. The van der Waals surface area contributed by atoms with Crippen LogP contribution in [0.4, 0.5) is 10.2 Å². The first-order valence-corrected chi connectivity index (χ1v) is 6.04. The average Bonchev–Trinajstić information content (AvgIpc) is 2.33. The van der Waals surface area contributed by atoms with E-state index in [9.17, 15) is 4.39 Å². The molecule has 5 heteroatoms. The first-order valence-electron chi connectivity index (χ1n) is 6.04. The third-order valence-electron chi connectivity index (χ3n) is 2.61. The summed E-state index contributed by atoms with van der Waals surface area (Å²) in [6, 6.07) is 6.07. The Kier molecular flexibility index (Phi) is 3.64. The fourth-order valence-electron chi connectivity index (χ4n) is 1.57. The molecule has 100 valence electrons. The molecule has 2 aromatic rings. The highest BCUT2D eigenvalue weighted by Gasteiger charge is 2.09. The summed E-state index contributed by atoms with van der Waals surface area (Å²) >= 11 is 0. The minimum absolute atomic E-state index is 0.154. The standard InChI is InChI=1S/C14H16FN3O/c1-8(2)14-17-12(16)7-13(18-14)19-10-4-5-11(15)9(3)6-10/h4-8H,1-3H3,(H2,16,17,18). The number of hydrogen-bond donors (Lipinski definition) is 1. The number of aryl methyl sites for hydroxylation is 1. The van der Waals surface area contributed by atoms with Crippen molar-refractivity contribution in [3.63, 3.8) is 0 Å². The van der Waals surface area contributed by atoms with Gasteiger partial charge in [-0.1, -0.05) is 13.8 Å². The van der Waals surface area contributed by atoms with Gasteiger partial charge in [0.25, 0.3) is 0 Å². The molecular formula is C14H16FN3O. The third kappa shape index (κ3) is 3.19. The van der Waals surface area contributed by atoms with E-state index >= 15 is 0 Å². The largest absolute Gasteiger partial charge is 0.439 e. The van der Waals surface area contributed by atoms with Crippen LogP contribution in [0.3, 0.4) is 0 Å². The zero-order chi connectivity index (χ0) is 14.0. The molecule has 0 spiro atoms. The van der Waals surface area contributed by atoms with Crippen LogP contribution >= 0.6 is 0 Å². The van der Waals surface area contributed by atoms with Crippen molar-refractivity contribution in [2.75, 3.05) is 5.73 Å². The Hall–Kier alpha value is -2.17. The summed E-state index contributed by atoms with van der Waals surface area (Å²) in [5.41, 5.74) is 6.23. The molecule has 0 bridgehead atoms. The van der Waals surface area contributed by atoms with Gasteiger partial charge in [-0.15, -0.1) is 0 Å². The molecule has 0 aliphatic rings. The van der Waals surface area contributed by atoms with Gasteiger partial charge in [-0.3, -0.25) is 0 Å². The van der Waals surface area contributed by atoms with E-state index in [0.717, 1.165) is 0 Å². The van der Waals surface area contributed by atoms with Gasteiger partial charge in [0.15, 0.2) is 0 Å². The first-order chi connectivity index (χ1) is 8.95. The average molecular weight is 261 g/mol. The molecule has 4 nitrogen and oxygen atoms in total. The zero-order valence-electron chi connectivity index (χ0n) is 11.1. The lowest BCUT2D eigenvalue weighted by atomic mass is 10.2. The maximum atomic E-state index is 13.2. The van der Waals surface area contributed by atoms with Crippen molar-refractivity contribution in [3.05, 3.63) is 41.5 Å². The highest BCUT2D eigenvalue weighted by atomic mass is 19.1.